The van der Waals surface area contributed by atoms with Crippen LogP contribution >= 0.6 is 0 Å². The summed E-state index contributed by atoms with van der Waals surface area (Å²) in [7, 11) is -3.37. The Morgan fingerprint density at radius 2 is 1.56 bits per heavy atom. The second kappa shape index (κ2) is 5.33. The maximum atomic E-state index is 11.8. The first kappa shape index (κ1) is 12.8. The number of sulfonamides is 1. The monoisotopic (exact) mass is 260 g/mol. The summed E-state index contributed by atoms with van der Waals surface area (Å²) in [5, 5.41) is 0. The van der Waals surface area contributed by atoms with Crippen molar-refractivity contribution in [3.05, 3.63) is 54.6 Å². The molecule has 3 nitrogen and oxygen atoms in total. The third-order valence-corrected chi connectivity index (χ3v) is 4.11. The molecule has 0 saturated heterocycles. The van der Waals surface area contributed by atoms with E-state index in [1.54, 1.807) is 31.2 Å². The van der Waals surface area contributed by atoms with E-state index in [1.165, 1.54) is 0 Å². The van der Waals surface area contributed by atoms with E-state index in [0.717, 1.165) is 11.1 Å². The van der Waals surface area contributed by atoms with E-state index in [-0.39, 0.29) is 4.90 Å². The molecule has 1 radical (unpaired) electrons. The van der Waals surface area contributed by atoms with Crippen molar-refractivity contribution >= 4 is 10.0 Å². The smallest absolute Gasteiger partial charge is 0.211 e. The first-order valence-corrected chi connectivity index (χ1v) is 7.18. The Kier molecular flexibility index (Phi) is 3.79. The van der Waals surface area contributed by atoms with Gasteiger partial charge in [-0.15, -0.1) is 0 Å². The van der Waals surface area contributed by atoms with Gasteiger partial charge in [0.25, 0.3) is 0 Å². The molecule has 0 bridgehead atoms. The van der Waals surface area contributed by atoms with Crippen molar-refractivity contribution in [3.63, 3.8) is 0 Å². The molecule has 2 aromatic carbocycles. The second-order valence-corrected chi connectivity index (χ2v) is 5.58. The van der Waals surface area contributed by atoms with E-state index >= 15 is 0 Å². The van der Waals surface area contributed by atoms with E-state index in [4.69, 9.17) is 0 Å². The maximum absolute atomic E-state index is 11.8. The zero-order chi connectivity index (χ0) is 13.0. The molecule has 0 aromatic heterocycles. The summed E-state index contributed by atoms with van der Waals surface area (Å²) >= 11 is 0. The predicted molar refractivity (Wildman–Crippen MR) is 71.6 cm³/mol. The van der Waals surface area contributed by atoms with Crippen LogP contribution in [0.25, 0.3) is 11.1 Å². The fourth-order valence-corrected chi connectivity index (χ4v) is 2.72. The van der Waals surface area contributed by atoms with Crippen LogP contribution in [-0.2, 0) is 10.0 Å². The van der Waals surface area contributed by atoms with Gasteiger partial charge in [0.05, 0.1) is 4.90 Å². The van der Waals surface area contributed by atoms with Crippen LogP contribution in [0.3, 0.4) is 0 Å². The maximum Gasteiger partial charge on any atom is 0.240 e. The van der Waals surface area contributed by atoms with Crippen LogP contribution in [0.2, 0.25) is 0 Å². The summed E-state index contributed by atoms with van der Waals surface area (Å²) < 4.78 is 26.0. The molecule has 0 amide bonds. The molecule has 0 fully saturated rings. The Labute approximate surface area is 108 Å². The zero-order valence-electron chi connectivity index (χ0n) is 10.1. The topological polar surface area (TPSA) is 46.2 Å². The molecule has 0 heterocycles. The van der Waals surface area contributed by atoms with Crippen molar-refractivity contribution in [2.24, 2.45) is 0 Å². The quantitative estimate of drug-likeness (QED) is 0.917. The number of rotatable bonds is 4. The van der Waals surface area contributed by atoms with Crippen LogP contribution in [0.4, 0.5) is 0 Å². The van der Waals surface area contributed by atoms with Crippen LogP contribution < -0.4 is 4.72 Å². The lowest BCUT2D eigenvalue weighted by Gasteiger charge is -2.06. The number of nitrogens with one attached hydrogen (secondary N) is 1. The van der Waals surface area contributed by atoms with Gasteiger partial charge in [0.2, 0.25) is 10.0 Å². The van der Waals surface area contributed by atoms with Gasteiger partial charge >= 0.3 is 0 Å². The number of benzene rings is 2. The molecule has 2 rings (SSSR count). The van der Waals surface area contributed by atoms with Gasteiger partial charge in [-0.3, -0.25) is 0 Å². The van der Waals surface area contributed by atoms with Crippen LogP contribution in [-0.4, -0.2) is 15.0 Å². The molecule has 4 heteroatoms. The SMILES string of the molecule is CCNS(=O)(=O)c1ccc(-c2cc[c]cc2)cc1. The Hall–Kier alpha value is -1.65. The molecule has 0 aliphatic heterocycles. The summed E-state index contributed by atoms with van der Waals surface area (Å²) in [5.41, 5.74) is 2.03. The van der Waals surface area contributed by atoms with Gasteiger partial charge in [0.15, 0.2) is 0 Å². The minimum Gasteiger partial charge on any atom is -0.211 e. The Morgan fingerprint density at radius 1 is 1.00 bits per heavy atom. The average Bonchev–Trinajstić information content (AvgIpc) is 2.40. The van der Waals surface area contributed by atoms with Crippen molar-refractivity contribution in [1.82, 2.24) is 4.72 Å². The van der Waals surface area contributed by atoms with Gasteiger partial charge in [0, 0.05) is 6.54 Å². The molecule has 0 atom stereocenters. The van der Waals surface area contributed by atoms with Gasteiger partial charge < -0.3 is 0 Å². The average molecular weight is 260 g/mol. The van der Waals surface area contributed by atoms with E-state index < -0.39 is 10.0 Å². The molecule has 2 aromatic rings. The van der Waals surface area contributed by atoms with Crippen LogP contribution in [0, 0.1) is 6.07 Å². The first-order valence-electron chi connectivity index (χ1n) is 5.69. The Morgan fingerprint density at radius 3 is 2.11 bits per heavy atom. The van der Waals surface area contributed by atoms with E-state index in [1.807, 2.05) is 24.3 Å². The van der Waals surface area contributed by atoms with E-state index in [0.29, 0.717) is 6.54 Å². The summed E-state index contributed by atoms with van der Waals surface area (Å²) in [6, 6.07) is 17.3. The zero-order valence-corrected chi connectivity index (χ0v) is 10.9. The molecule has 93 valence electrons. The molecule has 1 N–H and O–H groups in total. The lowest BCUT2D eigenvalue weighted by molar-refractivity contribution is 0.584. The van der Waals surface area contributed by atoms with Crippen LogP contribution in [0.1, 0.15) is 6.92 Å². The highest BCUT2D eigenvalue weighted by molar-refractivity contribution is 7.89. The molecule has 18 heavy (non-hydrogen) atoms. The van der Waals surface area contributed by atoms with Gasteiger partial charge in [-0.05, 0) is 29.3 Å². The number of hydrogen-bond acceptors (Lipinski definition) is 2. The van der Waals surface area contributed by atoms with Crippen molar-refractivity contribution in [2.45, 2.75) is 11.8 Å². The third kappa shape index (κ3) is 2.78. The third-order valence-electron chi connectivity index (χ3n) is 2.55. The summed E-state index contributed by atoms with van der Waals surface area (Å²) in [6.45, 7) is 2.14. The Bertz CT molecular complexity index is 604. The first-order chi connectivity index (χ1) is 8.63. The fraction of sp³-hybridized carbons (Fsp3) is 0.143. The summed E-state index contributed by atoms with van der Waals surface area (Å²) in [6.07, 6.45) is 0. The molecule has 0 saturated carbocycles. The number of hydrogen-bond donors (Lipinski definition) is 1. The van der Waals surface area contributed by atoms with Gasteiger partial charge in [-0.2, -0.15) is 0 Å². The van der Waals surface area contributed by atoms with Gasteiger partial charge in [-0.25, -0.2) is 13.1 Å². The van der Waals surface area contributed by atoms with E-state index in [9.17, 15) is 8.42 Å². The highest BCUT2D eigenvalue weighted by atomic mass is 32.2. The van der Waals surface area contributed by atoms with E-state index in [2.05, 4.69) is 10.8 Å². The van der Waals surface area contributed by atoms with Crippen LogP contribution in [0.5, 0.6) is 0 Å². The minimum atomic E-state index is -3.37. The highest BCUT2D eigenvalue weighted by Crippen LogP contribution is 2.20. The molecular weight excluding hydrogens is 246 g/mol. The second-order valence-electron chi connectivity index (χ2n) is 3.81. The van der Waals surface area contributed by atoms with Crippen molar-refractivity contribution in [2.75, 3.05) is 6.54 Å². The summed E-state index contributed by atoms with van der Waals surface area (Å²) in [5.74, 6) is 0. The molecular formula is C14H14NO2S. The van der Waals surface area contributed by atoms with Crippen molar-refractivity contribution in [3.8, 4) is 11.1 Å². The minimum absolute atomic E-state index is 0.288. The largest absolute Gasteiger partial charge is 0.240 e. The van der Waals surface area contributed by atoms with Gasteiger partial charge in [0.1, 0.15) is 0 Å². The van der Waals surface area contributed by atoms with Crippen molar-refractivity contribution < 1.29 is 8.42 Å². The molecule has 0 spiro atoms. The molecule has 0 unspecified atom stereocenters. The van der Waals surface area contributed by atoms with Gasteiger partial charge in [-0.1, -0.05) is 43.3 Å². The molecule has 0 aliphatic carbocycles. The van der Waals surface area contributed by atoms with Crippen LogP contribution in [0.15, 0.2) is 53.4 Å². The normalized spacial score (nSPS) is 11.4. The summed E-state index contributed by atoms with van der Waals surface area (Å²) in [4.78, 5) is 0.288. The lowest BCUT2D eigenvalue weighted by Crippen LogP contribution is -2.22. The highest BCUT2D eigenvalue weighted by Gasteiger charge is 2.11. The standard InChI is InChI=1S/C14H14NO2S/c1-2-15-18(16,17)14-10-8-13(9-11-14)12-6-4-3-5-7-12/h4-11,15H,2H2,1H3. The lowest BCUT2D eigenvalue weighted by atomic mass is 10.1. The fourth-order valence-electron chi connectivity index (χ4n) is 1.68. The Balaban J connectivity index is 2.32. The molecule has 0 aliphatic rings. The van der Waals surface area contributed by atoms with Crippen molar-refractivity contribution in [1.29, 1.82) is 0 Å². The predicted octanol–water partition coefficient (Wildman–Crippen LogP) is 2.45.